The highest BCUT2D eigenvalue weighted by atomic mass is 32.2. The minimum atomic E-state index is -3.60. The summed E-state index contributed by atoms with van der Waals surface area (Å²) in [6.07, 6.45) is 3.04. The first-order valence-electron chi connectivity index (χ1n) is 6.83. The largest absolute Gasteiger partial charge is 0.384 e. The molecule has 1 aromatic heterocycles. The molecule has 0 bridgehead atoms. The van der Waals surface area contributed by atoms with Crippen molar-refractivity contribution >= 4 is 21.5 Å². The van der Waals surface area contributed by atoms with Gasteiger partial charge in [-0.1, -0.05) is 18.2 Å². The Morgan fingerprint density at radius 3 is 2.76 bits per heavy atom. The van der Waals surface area contributed by atoms with Crippen LogP contribution in [0.5, 0.6) is 0 Å². The first kappa shape index (κ1) is 13.9. The number of aromatic nitrogens is 1. The minimum absolute atomic E-state index is 0.174. The van der Waals surface area contributed by atoms with Crippen LogP contribution in [0.2, 0.25) is 0 Å². The average Bonchev–Trinajstić information content (AvgIpc) is 2.47. The third kappa shape index (κ3) is 2.35. The molecule has 0 amide bonds. The number of para-hydroxylation sites is 1. The van der Waals surface area contributed by atoms with Crippen LogP contribution in [0.1, 0.15) is 17.5 Å². The number of fused-ring (bicyclic) bond motifs is 1. The lowest BCUT2D eigenvalue weighted by Gasteiger charge is -2.31. The quantitative estimate of drug-likeness (QED) is 0.922. The van der Waals surface area contributed by atoms with Gasteiger partial charge in [0.25, 0.3) is 10.0 Å². The summed E-state index contributed by atoms with van der Waals surface area (Å²) in [5, 5.41) is 0. The molecule has 6 heteroatoms. The molecule has 2 aromatic rings. The zero-order valence-corrected chi connectivity index (χ0v) is 12.6. The molecule has 1 aromatic carbocycles. The first-order valence-corrected chi connectivity index (χ1v) is 8.27. The van der Waals surface area contributed by atoms with Crippen molar-refractivity contribution in [3.63, 3.8) is 0 Å². The second-order valence-electron chi connectivity index (χ2n) is 5.18. The molecule has 1 aliphatic heterocycles. The Labute approximate surface area is 124 Å². The van der Waals surface area contributed by atoms with E-state index < -0.39 is 10.0 Å². The van der Waals surface area contributed by atoms with Crippen LogP contribution in [-0.4, -0.2) is 19.9 Å². The van der Waals surface area contributed by atoms with Gasteiger partial charge in [0.15, 0.2) is 0 Å². The van der Waals surface area contributed by atoms with E-state index >= 15 is 0 Å². The first-order chi connectivity index (χ1) is 10.00. The third-order valence-corrected chi connectivity index (χ3v) is 5.51. The molecule has 1 aliphatic rings. The summed E-state index contributed by atoms with van der Waals surface area (Å²) in [4.78, 5) is 4.06. The monoisotopic (exact) mass is 303 g/mol. The lowest BCUT2D eigenvalue weighted by atomic mass is 10.0. The second-order valence-corrected chi connectivity index (χ2v) is 7.04. The van der Waals surface area contributed by atoms with Gasteiger partial charge in [0.05, 0.1) is 5.69 Å². The van der Waals surface area contributed by atoms with Crippen molar-refractivity contribution in [1.29, 1.82) is 0 Å². The number of aryl methyl sites for hydroxylation is 2. The molecular formula is C15H17N3O2S. The van der Waals surface area contributed by atoms with E-state index in [4.69, 9.17) is 5.73 Å². The number of pyridine rings is 1. The highest BCUT2D eigenvalue weighted by Gasteiger charge is 2.30. The van der Waals surface area contributed by atoms with E-state index in [9.17, 15) is 8.42 Å². The van der Waals surface area contributed by atoms with Crippen molar-refractivity contribution in [2.75, 3.05) is 16.6 Å². The Morgan fingerprint density at radius 2 is 2.05 bits per heavy atom. The van der Waals surface area contributed by atoms with Crippen LogP contribution in [0.15, 0.2) is 41.4 Å². The van der Waals surface area contributed by atoms with Crippen molar-refractivity contribution in [2.45, 2.75) is 24.7 Å². The molecular weight excluding hydrogens is 286 g/mol. The van der Waals surface area contributed by atoms with Gasteiger partial charge in [-0.2, -0.15) is 0 Å². The van der Waals surface area contributed by atoms with Crippen LogP contribution in [0.25, 0.3) is 0 Å². The maximum Gasteiger partial charge on any atom is 0.265 e. The van der Waals surface area contributed by atoms with Crippen LogP contribution in [0, 0.1) is 6.92 Å². The van der Waals surface area contributed by atoms with Gasteiger partial charge in [-0.25, -0.2) is 13.4 Å². The Hall–Kier alpha value is -2.08. The predicted molar refractivity (Wildman–Crippen MR) is 82.7 cm³/mol. The molecule has 0 saturated carbocycles. The fourth-order valence-corrected chi connectivity index (χ4v) is 4.27. The normalized spacial score (nSPS) is 14.8. The summed E-state index contributed by atoms with van der Waals surface area (Å²) >= 11 is 0. The summed E-state index contributed by atoms with van der Waals surface area (Å²) in [6, 6.07) is 8.91. The Balaban J connectivity index is 2.12. The molecule has 110 valence electrons. The molecule has 5 nitrogen and oxygen atoms in total. The maximum absolute atomic E-state index is 12.9. The maximum atomic E-state index is 12.9. The van der Waals surface area contributed by atoms with Crippen molar-refractivity contribution in [3.8, 4) is 0 Å². The van der Waals surface area contributed by atoms with Crippen LogP contribution in [0.4, 0.5) is 11.5 Å². The van der Waals surface area contributed by atoms with Crippen LogP contribution >= 0.6 is 0 Å². The molecule has 0 saturated heterocycles. The fraction of sp³-hybridized carbons (Fsp3) is 0.267. The zero-order valence-electron chi connectivity index (χ0n) is 11.8. The van der Waals surface area contributed by atoms with Crippen molar-refractivity contribution < 1.29 is 8.42 Å². The summed E-state index contributed by atoms with van der Waals surface area (Å²) in [5.74, 6) is 0.309. The summed E-state index contributed by atoms with van der Waals surface area (Å²) in [5.41, 5.74) is 8.38. The van der Waals surface area contributed by atoms with E-state index in [0.29, 0.717) is 12.4 Å². The van der Waals surface area contributed by atoms with E-state index in [1.165, 1.54) is 22.6 Å². The Kier molecular flexibility index (Phi) is 3.33. The molecule has 0 spiro atoms. The number of rotatable bonds is 2. The molecule has 0 atom stereocenters. The van der Waals surface area contributed by atoms with E-state index in [-0.39, 0.29) is 4.90 Å². The van der Waals surface area contributed by atoms with Gasteiger partial charge < -0.3 is 5.73 Å². The van der Waals surface area contributed by atoms with Gasteiger partial charge in [-0.05, 0) is 43.0 Å². The van der Waals surface area contributed by atoms with Crippen molar-refractivity contribution in [3.05, 3.63) is 47.7 Å². The van der Waals surface area contributed by atoms with Crippen LogP contribution in [0.3, 0.4) is 0 Å². The Morgan fingerprint density at radius 1 is 1.24 bits per heavy atom. The number of hydrogen-bond donors (Lipinski definition) is 1. The highest BCUT2D eigenvalue weighted by molar-refractivity contribution is 7.92. The topological polar surface area (TPSA) is 76.3 Å². The summed E-state index contributed by atoms with van der Waals surface area (Å²) < 4.78 is 27.2. The Bertz CT molecular complexity index is 770. The average molecular weight is 303 g/mol. The van der Waals surface area contributed by atoms with E-state index in [1.54, 1.807) is 0 Å². The smallest absolute Gasteiger partial charge is 0.265 e. The number of anilines is 2. The summed E-state index contributed by atoms with van der Waals surface area (Å²) in [6.45, 7) is 2.43. The van der Waals surface area contributed by atoms with E-state index in [1.807, 2.05) is 25.1 Å². The predicted octanol–water partition coefficient (Wildman–Crippen LogP) is 2.11. The lowest BCUT2D eigenvalue weighted by molar-refractivity contribution is 0.586. The highest BCUT2D eigenvalue weighted by Crippen LogP contribution is 2.34. The standard InChI is InChI=1S/C15H17N3O2S/c1-11-4-2-5-12-6-3-9-18(15(11)12)21(19,20)13-7-8-14(16)17-10-13/h2,4-5,7-8,10H,3,6,9H2,1H3,(H2,16,17). The number of hydrogen-bond acceptors (Lipinski definition) is 4. The van der Waals surface area contributed by atoms with Crippen LogP contribution < -0.4 is 10.0 Å². The number of nitrogen functional groups attached to an aromatic ring is 1. The number of sulfonamides is 1. The minimum Gasteiger partial charge on any atom is -0.384 e. The van der Waals surface area contributed by atoms with Gasteiger partial charge in [0.2, 0.25) is 0 Å². The fourth-order valence-electron chi connectivity index (χ4n) is 2.72. The molecule has 0 fully saturated rings. The molecule has 0 unspecified atom stereocenters. The molecule has 2 heterocycles. The van der Waals surface area contributed by atoms with Gasteiger partial charge >= 0.3 is 0 Å². The van der Waals surface area contributed by atoms with Crippen LogP contribution in [-0.2, 0) is 16.4 Å². The number of nitrogens with zero attached hydrogens (tertiary/aromatic N) is 2. The SMILES string of the molecule is Cc1cccc2c1N(S(=O)(=O)c1ccc(N)nc1)CCC2. The molecule has 2 N–H and O–H groups in total. The summed E-state index contributed by atoms with van der Waals surface area (Å²) in [7, 11) is -3.60. The molecule has 0 radical (unpaired) electrons. The number of nitrogens with two attached hydrogens (primary N) is 1. The zero-order chi connectivity index (χ0) is 15.0. The molecule has 21 heavy (non-hydrogen) atoms. The van der Waals surface area contributed by atoms with E-state index in [2.05, 4.69) is 4.98 Å². The lowest BCUT2D eigenvalue weighted by Crippen LogP contribution is -2.36. The second kappa shape index (κ2) is 5.04. The van der Waals surface area contributed by atoms with Gasteiger partial charge in [-0.3, -0.25) is 4.31 Å². The molecule has 0 aliphatic carbocycles. The van der Waals surface area contributed by atoms with Gasteiger partial charge in [-0.15, -0.1) is 0 Å². The van der Waals surface area contributed by atoms with Crippen molar-refractivity contribution in [1.82, 2.24) is 4.98 Å². The third-order valence-electron chi connectivity index (χ3n) is 3.73. The number of benzene rings is 1. The van der Waals surface area contributed by atoms with Crippen molar-refractivity contribution in [2.24, 2.45) is 0 Å². The molecule has 3 rings (SSSR count). The van der Waals surface area contributed by atoms with Gasteiger partial charge in [0, 0.05) is 12.7 Å². The van der Waals surface area contributed by atoms with Gasteiger partial charge in [0.1, 0.15) is 10.7 Å². The van der Waals surface area contributed by atoms with E-state index in [0.717, 1.165) is 29.7 Å².